The second-order valence-corrected chi connectivity index (χ2v) is 6.66. The van der Waals surface area contributed by atoms with Crippen molar-refractivity contribution in [3.63, 3.8) is 0 Å². The minimum Gasteiger partial charge on any atom is -0.497 e. The molecule has 1 heterocycles. The molecule has 0 N–H and O–H groups in total. The highest BCUT2D eigenvalue weighted by atomic mass is 19.1. The van der Waals surface area contributed by atoms with Crippen molar-refractivity contribution in [2.45, 2.75) is 26.2 Å². The van der Waals surface area contributed by atoms with Gasteiger partial charge in [0.15, 0.2) is 0 Å². The van der Waals surface area contributed by atoms with E-state index in [9.17, 15) is 4.39 Å². The summed E-state index contributed by atoms with van der Waals surface area (Å²) in [7, 11) is 1.67. The van der Waals surface area contributed by atoms with Gasteiger partial charge in [-0.15, -0.1) is 0 Å². The number of hydrogen-bond acceptors (Lipinski definition) is 4. The Morgan fingerprint density at radius 2 is 1.86 bits per heavy atom. The lowest BCUT2D eigenvalue weighted by Crippen LogP contribution is -2.03. The summed E-state index contributed by atoms with van der Waals surface area (Å²) >= 11 is 0. The van der Waals surface area contributed by atoms with Gasteiger partial charge in [-0.2, -0.15) is 0 Å². The van der Waals surface area contributed by atoms with Gasteiger partial charge in [0.2, 0.25) is 0 Å². The first-order chi connectivity index (χ1) is 14.1. The molecule has 0 saturated carbocycles. The van der Waals surface area contributed by atoms with Crippen LogP contribution in [0.1, 0.15) is 26.2 Å². The molecule has 1 aromatic rings. The van der Waals surface area contributed by atoms with Gasteiger partial charge in [0.05, 0.1) is 12.8 Å². The molecule has 1 aromatic carbocycles. The molecule has 150 valence electrons. The maximum absolute atomic E-state index is 13.0. The lowest BCUT2D eigenvalue weighted by Gasteiger charge is -2.09. The molecule has 0 radical (unpaired) electrons. The first-order valence-corrected chi connectivity index (χ1v) is 9.63. The number of allylic oxidation sites excluding steroid dienone is 8. The fourth-order valence-electron chi connectivity index (χ4n) is 2.94. The normalized spacial score (nSPS) is 23.8. The number of methoxy groups -OCH3 is 1. The van der Waals surface area contributed by atoms with E-state index >= 15 is 0 Å². The molecule has 0 bridgehead atoms. The highest BCUT2D eigenvalue weighted by Gasteiger charge is 2.06. The Morgan fingerprint density at radius 1 is 1.07 bits per heavy atom. The predicted octanol–water partition coefficient (Wildman–Crippen LogP) is 5.71. The average Bonchev–Trinajstić information content (AvgIpc) is 2.98. The quantitative estimate of drug-likeness (QED) is 0.644. The molecule has 29 heavy (non-hydrogen) atoms. The van der Waals surface area contributed by atoms with Crippen molar-refractivity contribution in [2.24, 2.45) is 9.98 Å². The molecular formula is C24H25FN2O2. The summed E-state index contributed by atoms with van der Waals surface area (Å²) in [5, 5.41) is 0. The zero-order valence-electron chi connectivity index (χ0n) is 16.8. The smallest absolute Gasteiger partial charge is 0.130 e. The Labute approximate surface area is 171 Å². The molecule has 4 nitrogen and oxygen atoms in total. The van der Waals surface area contributed by atoms with E-state index in [0.717, 1.165) is 36.3 Å². The summed E-state index contributed by atoms with van der Waals surface area (Å²) < 4.78 is 24.0. The highest BCUT2D eigenvalue weighted by molar-refractivity contribution is 5.96. The van der Waals surface area contributed by atoms with Gasteiger partial charge in [-0.05, 0) is 73.7 Å². The van der Waals surface area contributed by atoms with Crippen LogP contribution in [0.15, 0.2) is 93.3 Å². The maximum atomic E-state index is 13.0. The van der Waals surface area contributed by atoms with Crippen LogP contribution in [-0.4, -0.2) is 25.8 Å². The monoisotopic (exact) mass is 392 g/mol. The van der Waals surface area contributed by atoms with Crippen molar-refractivity contribution >= 4 is 12.1 Å². The van der Waals surface area contributed by atoms with Crippen LogP contribution < -0.4 is 4.74 Å². The Kier molecular flexibility index (Phi) is 7.34. The van der Waals surface area contributed by atoms with Crippen LogP contribution in [0.5, 0.6) is 5.75 Å². The molecule has 1 aliphatic carbocycles. The number of benzene rings is 1. The summed E-state index contributed by atoms with van der Waals surface area (Å²) in [5.74, 6) is 1.82. The molecule has 2 aliphatic rings. The molecule has 0 aromatic heterocycles. The predicted molar refractivity (Wildman–Crippen MR) is 116 cm³/mol. The van der Waals surface area contributed by atoms with Crippen molar-refractivity contribution < 1.29 is 13.9 Å². The van der Waals surface area contributed by atoms with Crippen molar-refractivity contribution in [2.75, 3.05) is 13.7 Å². The van der Waals surface area contributed by atoms with E-state index in [4.69, 9.17) is 9.47 Å². The summed E-state index contributed by atoms with van der Waals surface area (Å²) in [6.07, 6.45) is 16.8. The van der Waals surface area contributed by atoms with Crippen LogP contribution >= 0.6 is 0 Å². The minimum absolute atomic E-state index is 0.283. The van der Waals surface area contributed by atoms with Crippen LogP contribution in [0.3, 0.4) is 0 Å². The van der Waals surface area contributed by atoms with Crippen molar-refractivity contribution in [1.82, 2.24) is 0 Å². The number of hydrogen-bond donors (Lipinski definition) is 0. The molecule has 0 unspecified atom stereocenters. The average molecular weight is 392 g/mol. The summed E-state index contributed by atoms with van der Waals surface area (Å²) in [6.45, 7) is 2.18. The van der Waals surface area contributed by atoms with E-state index in [0.29, 0.717) is 18.2 Å². The van der Waals surface area contributed by atoms with Gasteiger partial charge >= 0.3 is 0 Å². The first-order valence-electron chi connectivity index (χ1n) is 9.63. The van der Waals surface area contributed by atoms with Crippen LogP contribution in [0.4, 0.5) is 4.39 Å². The third-order valence-electron chi connectivity index (χ3n) is 4.48. The van der Waals surface area contributed by atoms with Gasteiger partial charge in [-0.3, -0.25) is 0 Å². The standard InChI is InChI=1S/C24H25FN2O2/c1-18-26-16-20(19-7-5-9-23(28-2)13-10-19)6-3-4-8-22(27-18)17-29-24-14-11-21(25)12-15-24/h5-6,8-16H,3-4,7,17H2,1-2H3/b20-6+,22-8-,26-16-,27-18-. The fraction of sp³-hybridized carbons (Fsp3) is 0.250. The zero-order valence-corrected chi connectivity index (χ0v) is 16.8. The summed E-state index contributed by atoms with van der Waals surface area (Å²) in [4.78, 5) is 9.10. The van der Waals surface area contributed by atoms with E-state index in [2.05, 4.69) is 34.3 Å². The van der Waals surface area contributed by atoms with Gasteiger partial charge in [-0.25, -0.2) is 14.4 Å². The first kappa shape index (κ1) is 20.5. The van der Waals surface area contributed by atoms with Gasteiger partial charge in [0.1, 0.15) is 29.8 Å². The van der Waals surface area contributed by atoms with Crippen molar-refractivity contribution in [3.8, 4) is 5.75 Å². The molecular weight excluding hydrogens is 367 g/mol. The SMILES string of the molecule is COC1=CC=C(C2=C\CC\C=C(COc3ccc(F)cc3)/N=C(C)\N=C/2)CC=C1. The van der Waals surface area contributed by atoms with Crippen molar-refractivity contribution in [3.05, 3.63) is 89.1 Å². The molecule has 0 atom stereocenters. The third-order valence-corrected chi connectivity index (χ3v) is 4.48. The molecule has 0 spiro atoms. The van der Waals surface area contributed by atoms with Crippen LogP contribution in [0, 0.1) is 5.82 Å². The Bertz CT molecular complexity index is 932. The summed E-state index contributed by atoms with van der Waals surface area (Å²) in [6, 6.07) is 5.98. The van der Waals surface area contributed by atoms with Crippen LogP contribution in [0.25, 0.3) is 0 Å². The fourth-order valence-corrected chi connectivity index (χ4v) is 2.94. The summed E-state index contributed by atoms with van der Waals surface area (Å²) in [5.41, 5.74) is 3.09. The van der Waals surface area contributed by atoms with E-state index in [1.54, 1.807) is 19.2 Å². The van der Waals surface area contributed by atoms with Crippen molar-refractivity contribution in [1.29, 1.82) is 0 Å². The lowest BCUT2D eigenvalue weighted by molar-refractivity contribution is 0.307. The van der Waals surface area contributed by atoms with Gasteiger partial charge in [-0.1, -0.05) is 24.3 Å². The van der Waals surface area contributed by atoms with Crippen LogP contribution in [-0.2, 0) is 4.74 Å². The van der Waals surface area contributed by atoms with Crippen LogP contribution in [0.2, 0.25) is 0 Å². The number of rotatable bonds is 5. The number of halogens is 1. The second kappa shape index (κ2) is 10.4. The lowest BCUT2D eigenvalue weighted by atomic mass is 10.0. The molecule has 1 aliphatic heterocycles. The number of amidine groups is 1. The minimum atomic E-state index is -0.283. The Balaban J connectivity index is 1.70. The number of ether oxygens (including phenoxy) is 2. The van der Waals surface area contributed by atoms with E-state index in [1.807, 2.05) is 25.3 Å². The Morgan fingerprint density at radius 3 is 2.66 bits per heavy atom. The number of aliphatic imine (C=N–C) groups is 2. The van der Waals surface area contributed by atoms with E-state index in [1.165, 1.54) is 17.7 Å². The van der Waals surface area contributed by atoms with Gasteiger partial charge < -0.3 is 9.47 Å². The molecule has 0 fully saturated rings. The number of nitrogens with zero attached hydrogens (tertiary/aromatic N) is 2. The Hall–Kier alpha value is -3.21. The molecule has 3 rings (SSSR count). The highest BCUT2D eigenvalue weighted by Crippen LogP contribution is 2.20. The molecule has 0 saturated heterocycles. The van der Waals surface area contributed by atoms with Gasteiger partial charge in [0.25, 0.3) is 0 Å². The second-order valence-electron chi connectivity index (χ2n) is 6.66. The largest absolute Gasteiger partial charge is 0.497 e. The topological polar surface area (TPSA) is 43.2 Å². The van der Waals surface area contributed by atoms with E-state index in [-0.39, 0.29) is 5.82 Å². The zero-order chi connectivity index (χ0) is 20.5. The van der Waals surface area contributed by atoms with E-state index < -0.39 is 0 Å². The van der Waals surface area contributed by atoms with Gasteiger partial charge in [0, 0.05) is 6.21 Å². The molecule has 5 heteroatoms. The third kappa shape index (κ3) is 6.42. The molecule has 0 amide bonds. The maximum Gasteiger partial charge on any atom is 0.130 e.